The molecular weight excluding hydrogens is 344 g/mol. The van der Waals surface area contributed by atoms with Crippen molar-refractivity contribution in [2.24, 2.45) is 7.05 Å². The molecule has 2 heterocycles. The van der Waals surface area contributed by atoms with Crippen molar-refractivity contribution in [3.05, 3.63) is 77.9 Å². The van der Waals surface area contributed by atoms with Gasteiger partial charge in [-0.3, -0.25) is 4.79 Å². The number of ether oxygens (including phenoxy) is 3. The quantitative estimate of drug-likeness (QED) is 0.495. The van der Waals surface area contributed by atoms with Crippen LogP contribution < -0.4 is 14.2 Å². The van der Waals surface area contributed by atoms with Crippen LogP contribution >= 0.6 is 0 Å². The Labute approximate surface area is 156 Å². The minimum Gasteiger partial charge on any atom is -0.486 e. The highest BCUT2D eigenvalue weighted by molar-refractivity contribution is 6.07. The second-order valence-electron chi connectivity index (χ2n) is 6.05. The van der Waals surface area contributed by atoms with Crippen molar-refractivity contribution < 1.29 is 19.0 Å². The van der Waals surface area contributed by atoms with Crippen LogP contribution in [0.2, 0.25) is 0 Å². The van der Waals surface area contributed by atoms with Crippen molar-refractivity contribution in [2.75, 3.05) is 6.79 Å². The molecule has 6 nitrogen and oxygen atoms in total. The summed E-state index contributed by atoms with van der Waals surface area (Å²) in [6, 6.07) is 12.6. The monoisotopic (exact) mass is 362 g/mol. The van der Waals surface area contributed by atoms with Gasteiger partial charge in [-0.05, 0) is 42.5 Å². The normalized spacial score (nSPS) is 12.5. The summed E-state index contributed by atoms with van der Waals surface area (Å²) in [6.45, 7) is 0.575. The van der Waals surface area contributed by atoms with Gasteiger partial charge < -0.3 is 18.8 Å². The molecule has 27 heavy (non-hydrogen) atoms. The molecule has 0 saturated carbocycles. The molecule has 1 aromatic heterocycles. The molecular formula is C21H18N2O4. The zero-order valence-electron chi connectivity index (χ0n) is 14.8. The number of benzene rings is 2. The van der Waals surface area contributed by atoms with Crippen molar-refractivity contribution >= 4 is 11.9 Å². The zero-order chi connectivity index (χ0) is 18.6. The lowest BCUT2D eigenvalue weighted by atomic mass is 10.1. The van der Waals surface area contributed by atoms with Crippen molar-refractivity contribution in [1.29, 1.82) is 0 Å². The van der Waals surface area contributed by atoms with E-state index in [1.807, 2.05) is 36.0 Å². The maximum absolute atomic E-state index is 12.4. The average molecular weight is 362 g/mol. The molecule has 0 radical (unpaired) electrons. The highest BCUT2D eigenvalue weighted by Crippen LogP contribution is 2.35. The summed E-state index contributed by atoms with van der Waals surface area (Å²) in [7, 11) is 1.92. The van der Waals surface area contributed by atoms with Gasteiger partial charge in [0.1, 0.15) is 18.2 Å². The van der Waals surface area contributed by atoms with Crippen LogP contribution in [0.4, 0.5) is 0 Å². The second-order valence-corrected chi connectivity index (χ2v) is 6.05. The van der Waals surface area contributed by atoms with E-state index in [0.29, 0.717) is 29.4 Å². The van der Waals surface area contributed by atoms with E-state index in [2.05, 4.69) is 4.98 Å². The van der Waals surface area contributed by atoms with E-state index in [0.717, 1.165) is 11.4 Å². The molecule has 0 aliphatic carbocycles. The van der Waals surface area contributed by atoms with Gasteiger partial charge in [0.05, 0.1) is 0 Å². The third kappa shape index (κ3) is 3.69. The molecule has 0 fully saturated rings. The van der Waals surface area contributed by atoms with E-state index >= 15 is 0 Å². The van der Waals surface area contributed by atoms with Crippen LogP contribution in [0.3, 0.4) is 0 Å². The molecule has 0 bridgehead atoms. The van der Waals surface area contributed by atoms with Crippen LogP contribution in [0.5, 0.6) is 17.2 Å². The Balaban J connectivity index is 1.41. The van der Waals surface area contributed by atoms with Crippen LogP contribution in [-0.4, -0.2) is 22.1 Å². The number of hydrogen-bond donors (Lipinski definition) is 0. The third-order valence-electron chi connectivity index (χ3n) is 4.27. The van der Waals surface area contributed by atoms with Crippen molar-refractivity contribution in [3.8, 4) is 17.2 Å². The number of nitrogens with zero attached hydrogens (tertiary/aromatic N) is 2. The second kappa shape index (κ2) is 7.37. The van der Waals surface area contributed by atoms with E-state index in [-0.39, 0.29) is 12.6 Å². The number of ketones is 1. The number of hydrogen-bond acceptors (Lipinski definition) is 5. The molecule has 0 amide bonds. The highest BCUT2D eigenvalue weighted by Gasteiger charge is 2.15. The van der Waals surface area contributed by atoms with E-state index < -0.39 is 0 Å². The number of carbonyl (C=O) groups excluding carboxylic acids is 1. The van der Waals surface area contributed by atoms with E-state index in [4.69, 9.17) is 14.2 Å². The van der Waals surface area contributed by atoms with Crippen molar-refractivity contribution in [2.45, 2.75) is 6.61 Å². The molecule has 0 saturated heterocycles. The maximum atomic E-state index is 12.4. The topological polar surface area (TPSA) is 62.6 Å². The molecule has 0 spiro atoms. The standard InChI is InChI=1S/C21H18N2O4/c1-23-12-11-22-20(23)13-25-17-8-5-15(6-9-17)18(24)10-7-16-3-2-4-19-21(16)27-14-26-19/h2-12H,13-14H2,1H3. The first-order chi connectivity index (χ1) is 13.2. The zero-order valence-corrected chi connectivity index (χ0v) is 14.8. The third-order valence-corrected chi connectivity index (χ3v) is 4.27. The molecule has 0 unspecified atom stereocenters. The fraction of sp³-hybridized carbons (Fsp3) is 0.143. The van der Waals surface area contributed by atoms with E-state index in [1.54, 1.807) is 36.5 Å². The number of fused-ring (bicyclic) bond motifs is 1. The summed E-state index contributed by atoms with van der Waals surface area (Å²) in [5, 5.41) is 0. The number of carbonyl (C=O) groups is 1. The fourth-order valence-electron chi connectivity index (χ4n) is 2.74. The van der Waals surface area contributed by atoms with Crippen LogP contribution in [-0.2, 0) is 13.7 Å². The van der Waals surface area contributed by atoms with Crippen LogP contribution in [0, 0.1) is 0 Å². The Kier molecular flexibility index (Phi) is 4.61. The highest BCUT2D eigenvalue weighted by atomic mass is 16.7. The average Bonchev–Trinajstić information content (AvgIpc) is 3.33. The van der Waals surface area contributed by atoms with Gasteiger partial charge in [-0.2, -0.15) is 0 Å². The number of para-hydroxylation sites is 1. The number of allylic oxidation sites excluding steroid dienone is 1. The van der Waals surface area contributed by atoms with E-state index in [9.17, 15) is 4.79 Å². The van der Waals surface area contributed by atoms with Gasteiger partial charge in [-0.1, -0.05) is 12.1 Å². The smallest absolute Gasteiger partial charge is 0.231 e. The Morgan fingerprint density at radius 3 is 2.85 bits per heavy atom. The molecule has 2 aromatic carbocycles. The van der Waals surface area contributed by atoms with Crippen LogP contribution in [0.1, 0.15) is 21.7 Å². The first kappa shape index (κ1) is 16.9. The summed E-state index contributed by atoms with van der Waals surface area (Å²) < 4.78 is 18.4. The molecule has 0 atom stereocenters. The van der Waals surface area contributed by atoms with Gasteiger partial charge in [-0.15, -0.1) is 0 Å². The maximum Gasteiger partial charge on any atom is 0.231 e. The Morgan fingerprint density at radius 1 is 1.22 bits per heavy atom. The molecule has 6 heteroatoms. The minimum atomic E-state index is -0.0952. The predicted octanol–water partition coefficient (Wildman–Crippen LogP) is 3.62. The number of aromatic nitrogens is 2. The van der Waals surface area contributed by atoms with Gasteiger partial charge in [-0.25, -0.2) is 4.98 Å². The lowest BCUT2D eigenvalue weighted by Crippen LogP contribution is -2.03. The van der Waals surface area contributed by atoms with Crippen molar-refractivity contribution in [3.63, 3.8) is 0 Å². The summed E-state index contributed by atoms with van der Waals surface area (Å²) >= 11 is 0. The Bertz CT molecular complexity index is 990. The van der Waals surface area contributed by atoms with Crippen LogP contribution in [0.15, 0.2) is 60.9 Å². The number of aryl methyl sites for hydroxylation is 1. The summed E-state index contributed by atoms with van der Waals surface area (Å²) in [4.78, 5) is 16.6. The van der Waals surface area contributed by atoms with Crippen LogP contribution in [0.25, 0.3) is 6.08 Å². The van der Waals surface area contributed by atoms with E-state index in [1.165, 1.54) is 6.08 Å². The lowest BCUT2D eigenvalue weighted by molar-refractivity contribution is 0.104. The fourth-order valence-corrected chi connectivity index (χ4v) is 2.74. The molecule has 1 aliphatic heterocycles. The Morgan fingerprint density at radius 2 is 2.07 bits per heavy atom. The molecule has 136 valence electrons. The van der Waals surface area contributed by atoms with Gasteiger partial charge in [0.25, 0.3) is 0 Å². The molecule has 0 N–H and O–H groups in total. The first-order valence-electron chi connectivity index (χ1n) is 8.51. The van der Waals surface area contributed by atoms with Gasteiger partial charge in [0.15, 0.2) is 17.3 Å². The van der Waals surface area contributed by atoms with Gasteiger partial charge in [0, 0.05) is 30.6 Å². The largest absolute Gasteiger partial charge is 0.486 e. The summed E-state index contributed by atoms with van der Waals surface area (Å²) in [5.74, 6) is 2.78. The summed E-state index contributed by atoms with van der Waals surface area (Å²) in [5.41, 5.74) is 1.40. The number of rotatable bonds is 6. The van der Waals surface area contributed by atoms with Gasteiger partial charge in [0.2, 0.25) is 6.79 Å². The summed E-state index contributed by atoms with van der Waals surface area (Å²) in [6.07, 6.45) is 6.86. The first-order valence-corrected chi connectivity index (χ1v) is 8.51. The van der Waals surface area contributed by atoms with Crippen molar-refractivity contribution in [1.82, 2.24) is 9.55 Å². The number of imidazole rings is 1. The molecule has 1 aliphatic rings. The molecule has 3 aromatic rings. The molecule has 4 rings (SSSR count). The predicted molar refractivity (Wildman–Crippen MR) is 99.9 cm³/mol. The lowest BCUT2D eigenvalue weighted by Gasteiger charge is -2.06. The minimum absolute atomic E-state index is 0.0952. The SMILES string of the molecule is Cn1ccnc1COc1ccc(C(=O)C=Cc2cccc3c2OCO3)cc1. The van der Waals surface area contributed by atoms with Gasteiger partial charge >= 0.3 is 0 Å². The Hall–Kier alpha value is -3.54.